The van der Waals surface area contributed by atoms with Crippen LogP contribution in [0, 0.1) is 13.7 Å². The highest BCUT2D eigenvalue weighted by molar-refractivity contribution is 14.1. The van der Waals surface area contributed by atoms with Crippen LogP contribution in [0.2, 0.25) is 5.02 Å². The van der Waals surface area contributed by atoms with Crippen LogP contribution in [0.25, 0.3) is 6.08 Å². The highest BCUT2D eigenvalue weighted by Crippen LogP contribution is 2.31. The number of nitro benzene ring substituents is 1. The Morgan fingerprint density at radius 1 is 1.12 bits per heavy atom. The van der Waals surface area contributed by atoms with E-state index in [1.807, 2.05) is 24.3 Å². The molecule has 0 bridgehead atoms. The predicted molar refractivity (Wildman–Crippen MR) is 135 cm³/mol. The van der Waals surface area contributed by atoms with Crippen LogP contribution in [-0.2, 0) is 16.1 Å². The molecule has 0 amide bonds. The van der Waals surface area contributed by atoms with Gasteiger partial charge in [0.15, 0.2) is 17.2 Å². The Kier molecular flexibility index (Phi) is 7.13. The number of cyclic esters (lactones) is 1. The molecule has 0 unspecified atom stereocenters. The molecular formula is C24H16ClIN2O6. The number of hydrogen-bond donors (Lipinski definition) is 0. The Hall–Kier alpha value is -3.44. The first-order valence-corrected chi connectivity index (χ1v) is 11.3. The van der Waals surface area contributed by atoms with E-state index in [0.717, 1.165) is 9.13 Å². The number of nitrogens with zero attached hydrogens (tertiary/aromatic N) is 2. The van der Waals surface area contributed by atoms with E-state index < -0.39 is 10.9 Å². The van der Waals surface area contributed by atoms with E-state index >= 15 is 0 Å². The van der Waals surface area contributed by atoms with Gasteiger partial charge in [0, 0.05) is 15.2 Å². The number of halogens is 2. The summed E-state index contributed by atoms with van der Waals surface area (Å²) >= 11 is 8.09. The number of ether oxygens (including phenoxy) is 3. The maximum atomic E-state index is 12.3. The third-order valence-electron chi connectivity index (χ3n) is 4.81. The van der Waals surface area contributed by atoms with Gasteiger partial charge in [-0.25, -0.2) is 9.79 Å². The van der Waals surface area contributed by atoms with Crippen LogP contribution in [0.5, 0.6) is 11.5 Å². The van der Waals surface area contributed by atoms with Crippen LogP contribution >= 0.6 is 34.2 Å². The SMILES string of the molecule is COc1cc(/C=C2\N=C(c3ccc(Cl)c([N+](=O)[O-])c3)OC2=O)ccc1OCc1ccc(I)cc1. The maximum absolute atomic E-state index is 12.3. The molecule has 0 N–H and O–H groups in total. The van der Waals surface area contributed by atoms with Crippen molar-refractivity contribution in [2.45, 2.75) is 6.61 Å². The lowest BCUT2D eigenvalue weighted by atomic mass is 10.1. The van der Waals surface area contributed by atoms with Crippen molar-refractivity contribution in [3.05, 3.63) is 102 Å². The average Bonchev–Trinajstić information content (AvgIpc) is 3.19. The Balaban J connectivity index is 1.55. The fourth-order valence-corrected chi connectivity index (χ4v) is 3.66. The number of carbonyl (C=O) groups is 1. The molecule has 0 fully saturated rings. The molecule has 0 saturated heterocycles. The lowest BCUT2D eigenvalue weighted by molar-refractivity contribution is -0.384. The lowest BCUT2D eigenvalue weighted by Crippen LogP contribution is -2.06. The largest absolute Gasteiger partial charge is 0.493 e. The quantitative estimate of drug-likeness (QED) is 0.114. The number of esters is 1. The summed E-state index contributed by atoms with van der Waals surface area (Å²) in [4.78, 5) is 27.0. The minimum atomic E-state index is -0.675. The predicted octanol–water partition coefficient (Wildman–Crippen LogP) is 5.78. The van der Waals surface area contributed by atoms with Crippen molar-refractivity contribution in [1.29, 1.82) is 0 Å². The van der Waals surface area contributed by atoms with E-state index in [0.29, 0.717) is 23.7 Å². The first-order valence-electron chi connectivity index (χ1n) is 9.86. The summed E-state index contributed by atoms with van der Waals surface area (Å²) in [5.74, 6) is 0.324. The van der Waals surface area contributed by atoms with Gasteiger partial charge in [-0.2, -0.15) is 0 Å². The maximum Gasteiger partial charge on any atom is 0.363 e. The molecular weight excluding hydrogens is 575 g/mol. The smallest absolute Gasteiger partial charge is 0.363 e. The topological polar surface area (TPSA) is 100 Å². The summed E-state index contributed by atoms with van der Waals surface area (Å²) in [7, 11) is 1.53. The van der Waals surface area contributed by atoms with Gasteiger partial charge >= 0.3 is 5.97 Å². The van der Waals surface area contributed by atoms with Gasteiger partial charge in [0.25, 0.3) is 5.69 Å². The van der Waals surface area contributed by atoms with Crippen molar-refractivity contribution in [3.63, 3.8) is 0 Å². The van der Waals surface area contributed by atoms with E-state index in [2.05, 4.69) is 27.6 Å². The first kappa shape index (κ1) is 23.7. The number of carbonyl (C=O) groups excluding carboxylic acids is 1. The van der Waals surface area contributed by atoms with Gasteiger partial charge in [0.2, 0.25) is 5.90 Å². The fourth-order valence-electron chi connectivity index (χ4n) is 3.11. The minimum Gasteiger partial charge on any atom is -0.493 e. The fraction of sp³-hybridized carbons (Fsp3) is 0.0833. The molecule has 34 heavy (non-hydrogen) atoms. The molecule has 0 radical (unpaired) electrons. The zero-order valence-electron chi connectivity index (χ0n) is 17.7. The Morgan fingerprint density at radius 3 is 2.59 bits per heavy atom. The second kappa shape index (κ2) is 10.2. The Bertz CT molecular complexity index is 1340. The summed E-state index contributed by atoms with van der Waals surface area (Å²) in [5.41, 5.74) is 1.66. The highest BCUT2D eigenvalue weighted by Gasteiger charge is 2.26. The molecule has 1 aliphatic heterocycles. The van der Waals surface area contributed by atoms with Gasteiger partial charge in [-0.15, -0.1) is 0 Å². The van der Waals surface area contributed by atoms with E-state index in [1.165, 1.54) is 31.4 Å². The average molecular weight is 591 g/mol. The number of nitro groups is 1. The third kappa shape index (κ3) is 5.37. The van der Waals surface area contributed by atoms with Crippen molar-refractivity contribution >= 4 is 57.8 Å². The Labute approximate surface area is 213 Å². The normalized spacial score (nSPS) is 14.0. The molecule has 0 atom stereocenters. The van der Waals surface area contributed by atoms with Crippen molar-refractivity contribution in [2.75, 3.05) is 7.11 Å². The molecule has 4 rings (SSSR count). The van der Waals surface area contributed by atoms with Crippen LogP contribution in [0.15, 0.2) is 71.4 Å². The molecule has 3 aromatic rings. The molecule has 0 saturated carbocycles. The van der Waals surface area contributed by atoms with Crippen LogP contribution < -0.4 is 9.47 Å². The standard InChI is InChI=1S/C24H16ClIN2O6/c1-32-22-11-15(4-9-21(22)33-13-14-2-6-17(26)7-3-14)10-19-24(29)34-23(27-19)16-5-8-18(25)20(12-16)28(30)31/h2-12H,13H2,1H3/b19-10-. The van der Waals surface area contributed by atoms with Crippen molar-refractivity contribution in [3.8, 4) is 11.5 Å². The van der Waals surface area contributed by atoms with E-state index in [9.17, 15) is 14.9 Å². The third-order valence-corrected chi connectivity index (χ3v) is 5.85. The van der Waals surface area contributed by atoms with Crippen molar-refractivity contribution < 1.29 is 23.9 Å². The van der Waals surface area contributed by atoms with E-state index in [-0.39, 0.29) is 27.9 Å². The molecule has 0 aliphatic carbocycles. The summed E-state index contributed by atoms with van der Waals surface area (Å²) < 4.78 is 17.7. The van der Waals surface area contributed by atoms with E-state index in [4.69, 9.17) is 25.8 Å². The second-order valence-electron chi connectivity index (χ2n) is 7.08. The van der Waals surface area contributed by atoms with Gasteiger partial charge in [0.1, 0.15) is 11.6 Å². The highest BCUT2D eigenvalue weighted by atomic mass is 127. The number of methoxy groups -OCH3 is 1. The zero-order valence-corrected chi connectivity index (χ0v) is 20.6. The second-order valence-corrected chi connectivity index (χ2v) is 8.74. The Morgan fingerprint density at radius 2 is 1.88 bits per heavy atom. The van der Waals surface area contributed by atoms with Crippen LogP contribution in [0.4, 0.5) is 5.69 Å². The van der Waals surface area contributed by atoms with Crippen LogP contribution in [0.1, 0.15) is 16.7 Å². The number of benzene rings is 3. The van der Waals surface area contributed by atoms with Crippen LogP contribution in [0.3, 0.4) is 0 Å². The molecule has 172 valence electrons. The first-order chi connectivity index (χ1) is 16.3. The molecule has 0 aromatic heterocycles. The van der Waals surface area contributed by atoms with E-state index in [1.54, 1.807) is 18.2 Å². The molecule has 3 aromatic carbocycles. The summed E-state index contributed by atoms with van der Waals surface area (Å²) in [6, 6.07) is 17.3. The van der Waals surface area contributed by atoms with Gasteiger partial charge in [-0.3, -0.25) is 10.1 Å². The zero-order chi connectivity index (χ0) is 24.2. The minimum absolute atomic E-state index is 0.0224. The number of hydrogen-bond acceptors (Lipinski definition) is 7. The van der Waals surface area contributed by atoms with Gasteiger partial charge in [0.05, 0.1) is 12.0 Å². The van der Waals surface area contributed by atoms with Crippen molar-refractivity contribution in [2.24, 2.45) is 4.99 Å². The summed E-state index contributed by atoms with van der Waals surface area (Å²) in [5, 5.41) is 11.1. The van der Waals surface area contributed by atoms with Gasteiger partial charge in [-0.05, 0) is 76.2 Å². The van der Waals surface area contributed by atoms with Crippen molar-refractivity contribution in [1.82, 2.24) is 0 Å². The number of aliphatic imine (C=N–C) groups is 1. The molecule has 1 aliphatic rings. The summed E-state index contributed by atoms with van der Waals surface area (Å²) in [6.07, 6.45) is 1.53. The number of rotatable bonds is 7. The lowest BCUT2D eigenvalue weighted by Gasteiger charge is -2.11. The molecule has 0 spiro atoms. The monoisotopic (exact) mass is 590 g/mol. The molecule has 1 heterocycles. The van der Waals surface area contributed by atoms with Gasteiger partial charge < -0.3 is 14.2 Å². The van der Waals surface area contributed by atoms with Crippen LogP contribution in [-0.4, -0.2) is 23.9 Å². The molecule has 8 nitrogen and oxygen atoms in total. The summed E-state index contributed by atoms with van der Waals surface area (Å²) in [6.45, 7) is 0.376. The molecule has 10 heteroatoms. The van der Waals surface area contributed by atoms with Gasteiger partial charge in [-0.1, -0.05) is 29.8 Å².